The van der Waals surface area contributed by atoms with Gasteiger partial charge < -0.3 is 20.5 Å². The quantitative estimate of drug-likeness (QED) is 0.770. The van der Waals surface area contributed by atoms with Crippen molar-refractivity contribution in [2.45, 2.75) is 37.8 Å². The number of benzene rings is 1. The van der Waals surface area contributed by atoms with E-state index in [-0.39, 0.29) is 18.6 Å². The van der Waals surface area contributed by atoms with E-state index in [1.165, 1.54) is 7.11 Å². The van der Waals surface area contributed by atoms with Crippen molar-refractivity contribution >= 4 is 17.3 Å². The van der Waals surface area contributed by atoms with E-state index in [1.54, 1.807) is 0 Å². The van der Waals surface area contributed by atoms with Crippen LogP contribution in [0.3, 0.4) is 0 Å². The van der Waals surface area contributed by atoms with Gasteiger partial charge in [-0.05, 0) is 49.9 Å². The summed E-state index contributed by atoms with van der Waals surface area (Å²) in [6.07, 6.45) is 3.58. The van der Waals surface area contributed by atoms with Gasteiger partial charge in [-0.2, -0.15) is 0 Å². The highest BCUT2D eigenvalue weighted by Crippen LogP contribution is 2.23. The average Bonchev–Trinajstić information content (AvgIpc) is 2.44. The van der Waals surface area contributed by atoms with Crippen LogP contribution in [-0.2, 0) is 9.53 Å². The number of aliphatic hydroxyl groups excluding tert-OH is 1. The Morgan fingerprint density at radius 2 is 1.80 bits per heavy atom. The molecule has 1 aliphatic rings. The Hall–Kier alpha value is -1.59. The number of nitrogens with one attached hydrogen (secondary N) is 2. The van der Waals surface area contributed by atoms with Crippen molar-refractivity contribution in [3.8, 4) is 0 Å². The molecule has 5 nitrogen and oxygen atoms in total. The van der Waals surface area contributed by atoms with Gasteiger partial charge in [-0.25, -0.2) is 0 Å². The number of carbonyl (C=O) groups excluding carboxylic acids is 1. The lowest BCUT2D eigenvalue weighted by Gasteiger charge is -2.27. The van der Waals surface area contributed by atoms with Crippen LogP contribution in [0.5, 0.6) is 0 Å². The summed E-state index contributed by atoms with van der Waals surface area (Å²) in [5.74, 6) is -0.158. The minimum absolute atomic E-state index is 0.0599. The summed E-state index contributed by atoms with van der Waals surface area (Å²) < 4.78 is 4.76. The molecule has 2 rings (SSSR count). The lowest BCUT2D eigenvalue weighted by molar-refractivity contribution is -0.119. The standard InChI is InChI=1S/C15H22N2O3/c1-20-10-15(19)17-13-4-2-11(3-5-13)16-12-6-8-14(18)9-7-12/h2-5,12,14,16,18H,6-10H2,1H3,(H,17,19). The third-order valence-electron chi connectivity index (χ3n) is 3.51. The molecule has 0 heterocycles. The topological polar surface area (TPSA) is 70.6 Å². The maximum Gasteiger partial charge on any atom is 0.250 e. The summed E-state index contributed by atoms with van der Waals surface area (Å²) in [6, 6.07) is 8.06. The molecule has 1 fully saturated rings. The molecule has 1 aromatic rings. The van der Waals surface area contributed by atoms with Crippen LogP contribution in [0.25, 0.3) is 0 Å². The van der Waals surface area contributed by atoms with E-state index in [0.717, 1.165) is 37.1 Å². The Kier molecular flexibility index (Phi) is 5.38. The van der Waals surface area contributed by atoms with Crippen LogP contribution in [-0.4, -0.2) is 36.9 Å². The third-order valence-corrected chi connectivity index (χ3v) is 3.51. The van der Waals surface area contributed by atoms with E-state index in [9.17, 15) is 9.90 Å². The second kappa shape index (κ2) is 7.26. The van der Waals surface area contributed by atoms with Crippen LogP contribution >= 0.6 is 0 Å². The van der Waals surface area contributed by atoms with E-state index in [4.69, 9.17) is 4.74 Å². The number of hydrogen-bond acceptors (Lipinski definition) is 4. The molecule has 0 bridgehead atoms. The Balaban J connectivity index is 1.83. The summed E-state index contributed by atoms with van der Waals surface area (Å²) in [7, 11) is 1.49. The first kappa shape index (κ1) is 14.8. The van der Waals surface area contributed by atoms with Crippen molar-refractivity contribution in [2.24, 2.45) is 0 Å². The lowest BCUT2D eigenvalue weighted by Crippen LogP contribution is -2.28. The van der Waals surface area contributed by atoms with Gasteiger partial charge in [0.1, 0.15) is 6.61 Å². The summed E-state index contributed by atoms with van der Waals surface area (Å²) in [4.78, 5) is 11.4. The molecule has 5 heteroatoms. The molecule has 0 radical (unpaired) electrons. The predicted molar refractivity (Wildman–Crippen MR) is 78.8 cm³/mol. The van der Waals surface area contributed by atoms with Crippen LogP contribution in [0.15, 0.2) is 24.3 Å². The van der Waals surface area contributed by atoms with Crippen molar-refractivity contribution in [2.75, 3.05) is 24.4 Å². The first-order valence-electron chi connectivity index (χ1n) is 7.01. The number of carbonyl (C=O) groups is 1. The van der Waals surface area contributed by atoms with Gasteiger partial charge in [-0.3, -0.25) is 4.79 Å². The van der Waals surface area contributed by atoms with E-state index in [0.29, 0.717) is 6.04 Å². The molecule has 0 aromatic heterocycles. The molecule has 20 heavy (non-hydrogen) atoms. The van der Waals surface area contributed by atoms with Crippen LogP contribution in [0.4, 0.5) is 11.4 Å². The van der Waals surface area contributed by atoms with Crippen LogP contribution < -0.4 is 10.6 Å². The van der Waals surface area contributed by atoms with E-state index >= 15 is 0 Å². The number of ether oxygens (including phenoxy) is 1. The number of amides is 1. The number of methoxy groups -OCH3 is 1. The van der Waals surface area contributed by atoms with Crippen LogP contribution in [0, 0.1) is 0 Å². The molecule has 0 saturated heterocycles. The molecule has 1 aromatic carbocycles. The zero-order chi connectivity index (χ0) is 14.4. The van der Waals surface area contributed by atoms with Gasteiger partial charge in [0.2, 0.25) is 5.91 Å². The van der Waals surface area contributed by atoms with Crippen molar-refractivity contribution in [1.29, 1.82) is 0 Å². The summed E-state index contributed by atoms with van der Waals surface area (Å²) in [5, 5.41) is 15.7. The molecule has 0 unspecified atom stereocenters. The first-order valence-corrected chi connectivity index (χ1v) is 7.01. The summed E-state index contributed by atoms with van der Waals surface area (Å²) >= 11 is 0. The molecule has 110 valence electrons. The fourth-order valence-corrected chi connectivity index (χ4v) is 2.43. The molecule has 1 saturated carbocycles. The molecular formula is C15H22N2O3. The van der Waals surface area contributed by atoms with Crippen molar-refractivity contribution < 1.29 is 14.6 Å². The molecule has 3 N–H and O–H groups in total. The molecule has 0 aliphatic heterocycles. The molecule has 0 spiro atoms. The van der Waals surface area contributed by atoms with Gasteiger partial charge in [0.05, 0.1) is 6.10 Å². The Labute approximate surface area is 119 Å². The van der Waals surface area contributed by atoms with Crippen LogP contribution in [0.1, 0.15) is 25.7 Å². The highest BCUT2D eigenvalue weighted by molar-refractivity contribution is 5.91. The second-order valence-electron chi connectivity index (χ2n) is 5.21. The van der Waals surface area contributed by atoms with Gasteiger partial charge in [0.15, 0.2) is 0 Å². The predicted octanol–water partition coefficient (Wildman–Crippen LogP) is 1.99. The number of aliphatic hydroxyl groups is 1. The first-order chi connectivity index (χ1) is 9.67. The summed E-state index contributed by atoms with van der Waals surface area (Å²) in [5.41, 5.74) is 1.80. The molecule has 1 amide bonds. The Morgan fingerprint density at radius 1 is 1.20 bits per heavy atom. The smallest absolute Gasteiger partial charge is 0.250 e. The average molecular weight is 278 g/mol. The lowest BCUT2D eigenvalue weighted by atomic mass is 9.93. The normalized spacial score (nSPS) is 22.3. The number of rotatable bonds is 5. The van der Waals surface area contributed by atoms with Gasteiger partial charge in [0, 0.05) is 24.5 Å². The third kappa shape index (κ3) is 4.51. The van der Waals surface area contributed by atoms with E-state index in [2.05, 4.69) is 10.6 Å². The van der Waals surface area contributed by atoms with Gasteiger partial charge in [-0.1, -0.05) is 0 Å². The number of hydrogen-bond donors (Lipinski definition) is 3. The monoisotopic (exact) mass is 278 g/mol. The fraction of sp³-hybridized carbons (Fsp3) is 0.533. The zero-order valence-electron chi connectivity index (χ0n) is 11.8. The summed E-state index contributed by atoms with van der Waals surface area (Å²) in [6.45, 7) is 0.0599. The largest absolute Gasteiger partial charge is 0.393 e. The maximum atomic E-state index is 11.4. The van der Waals surface area contributed by atoms with Gasteiger partial charge in [0.25, 0.3) is 0 Å². The van der Waals surface area contributed by atoms with Crippen LogP contribution in [0.2, 0.25) is 0 Å². The zero-order valence-corrected chi connectivity index (χ0v) is 11.8. The van der Waals surface area contributed by atoms with E-state index in [1.807, 2.05) is 24.3 Å². The highest BCUT2D eigenvalue weighted by Gasteiger charge is 2.18. The second-order valence-corrected chi connectivity index (χ2v) is 5.21. The molecular weight excluding hydrogens is 256 g/mol. The van der Waals surface area contributed by atoms with Gasteiger partial charge in [-0.15, -0.1) is 0 Å². The van der Waals surface area contributed by atoms with E-state index < -0.39 is 0 Å². The van der Waals surface area contributed by atoms with Gasteiger partial charge >= 0.3 is 0 Å². The maximum absolute atomic E-state index is 11.4. The SMILES string of the molecule is COCC(=O)Nc1ccc(NC2CCC(O)CC2)cc1. The molecule has 0 atom stereocenters. The minimum Gasteiger partial charge on any atom is -0.393 e. The van der Waals surface area contributed by atoms with Crippen molar-refractivity contribution in [3.63, 3.8) is 0 Å². The molecule has 1 aliphatic carbocycles. The Bertz CT molecular complexity index is 425. The number of anilines is 2. The highest BCUT2D eigenvalue weighted by atomic mass is 16.5. The Morgan fingerprint density at radius 3 is 2.40 bits per heavy atom. The minimum atomic E-state index is -0.158. The van der Waals surface area contributed by atoms with Crippen molar-refractivity contribution in [3.05, 3.63) is 24.3 Å². The van der Waals surface area contributed by atoms with Crippen molar-refractivity contribution in [1.82, 2.24) is 0 Å². The fourth-order valence-electron chi connectivity index (χ4n) is 2.43.